The maximum Gasteiger partial charge on any atom is 0.254 e. The number of hydrogen-bond acceptors (Lipinski definition) is 2. The zero-order valence-corrected chi connectivity index (χ0v) is 13.2. The van der Waals surface area contributed by atoms with Crippen molar-refractivity contribution in [3.63, 3.8) is 0 Å². The van der Waals surface area contributed by atoms with Gasteiger partial charge in [-0.2, -0.15) is 0 Å². The second-order valence-electron chi connectivity index (χ2n) is 4.33. The van der Waals surface area contributed by atoms with E-state index in [1.54, 1.807) is 21.0 Å². The zero-order chi connectivity index (χ0) is 14.6. The predicted molar refractivity (Wildman–Crippen MR) is 79.3 cm³/mol. The summed E-state index contributed by atoms with van der Waals surface area (Å²) >= 11 is 1.92. The van der Waals surface area contributed by atoms with Gasteiger partial charge in [-0.05, 0) is 40.8 Å². The Hall–Kier alpha value is -1.18. The van der Waals surface area contributed by atoms with Crippen LogP contribution in [0.15, 0.2) is 18.2 Å². The van der Waals surface area contributed by atoms with Crippen LogP contribution >= 0.6 is 22.6 Å². The molecule has 0 saturated carbocycles. The smallest absolute Gasteiger partial charge is 0.254 e. The van der Waals surface area contributed by atoms with Crippen molar-refractivity contribution in [2.75, 3.05) is 20.6 Å². The van der Waals surface area contributed by atoms with Crippen LogP contribution < -0.4 is 5.32 Å². The van der Waals surface area contributed by atoms with Crippen molar-refractivity contribution in [3.8, 4) is 0 Å². The number of halogens is 2. The Morgan fingerprint density at radius 2 is 2.11 bits per heavy atom. The summed E-state index contributed by atoms with van der Waals surface area (Å²) in [5, 5.41) is 2.54. The van der Waals surface area contributed by atoms with Crippen LogP contribution in [0.3, 0.4) is 0 Å². The number of benzene rings is 1. The summed E-state index contributed by atoms with van der Waals surface area (Å²) in [4.78, 5) is 25.1. The third-order valence-corrected chi connectivity index (χ3v) is 3.64. The van der Waals surface area contributed by atoms with Crippen molar-refractivity contribution in [1.82, 2.24) is 10.2 Å². The Labute approximate surface area is 125 Å². The van der Waals surface area contributed by atoms with E-state index < -0.39 is 0 Å². The molecule has 1 rings (SSSR count). The lowest BCUT2D eigenvalue weighted by atomic mass is 10.1. The van der Waals surface area contributed by atoms with E-state index in [1.165, 1.54) is 23.1 Å². The van der Waals surface area contributed by atoms with Crippen molar-refractivity contribution >= 4 is 34.4 Å². The molecule has 1 unspecified atom stereocenters. The van der Waals surface area contributed by atoms with Gasteiger partial charge < -0.3 is 10.2 Å². The van der Waals surface area contributed by atoms with Gasteiger partial charge in [-0.3, -0.25) is 9.59 Å². The molecule has 0 bridgehead atoms. The van der Waals surface area contributed by atoms with E-state index in [0.717, 1.165) is 0 Å². The molecular weight excluding hydrogens is 362 g/mol. The van der Waals surface area contributed by atoms with Crippen molar-refractivity contribution in [2.24, 2.45) is 5.92 Å². The molecule has 0 spiro atoms. The lowest BCUT2D eigenvalue weighted by molar-refractivity contribution is -0.124. The van der Waals surface area contributed by atoms with Crippen LogP contribution in [0.5, 0.6) is 0 Å². The fourth-order valence-corrected chi connectivity index (χ4v) is 2.40. The molecule has 19 heavy (non-hydrogen) atoms. The highest BCUT2D eigenvalue weighted by Gasteiger charge is 2.20. The fraction of sp³-hybridized carbons (Fsp3) is 0.385. The first-order valence-corrected chi connectivity index (χ1v) is 6.86. The molecule has 0 aromatic heterocycles. The highest BCUT2D eigenvalue weighted by molar-refractivity contribution is 14.1. The van der Waals surface area contributed by atoms with Crippen LogP contribution in [0, 0.1) is 15.3 Å². The summed E-state index contributed by atoms with van der Waals surface area (Å²) in [5.41, 5.74) is 0.439. The Morgan fingerprint density at radius 1 is 1.47 bits per heavy atom. The van der Waals surface area contributed by atoms with Crippen LogP contribution in [0.4, 0.5) is 4.39 Å². The average Bonchev–Trinajstić information content (AvgIpc) is 2.36. The van der Waals surface area contributed by atoms with E-state index in [4.69, 9.17) is 0 Å². The maximum absolute atomic E-state index is 13.0. The van der Waals surface area contributed by atoms with Gasteiger partial charge in [-0.25, -0.2) is 4.39 Å². The highest BCUT2D eigenvalue weighted by Crippen LogP contribution is 2.16. The van der Waals surface area contributed by atoms with Gasteiger partial charge >= 0.3 is 0 Å². The van der Waals surface area contributed by atoms with E-state index >= 15 is 0 Å². The zero-order valence-electron chi connectivity index (χ0n) is 11.0. The second-order valence-corrected chi connectivity index (χ2v) is 5.49. The summed E-state index contributed by atoms with van der Waals surface area (Å²) in [6.07, 6.45) is 0. The Kier molecular flexibility index (Phi) is 5.71. The molecular formula is C13H16FIN2O2. The molecule has 0 aliphatic heterocycles. The first-order valence-electron chi connectivity index (χ1n) is 5.79. The largest absolute Gasteiger partial charge is 0.359 e. The van der Waals surface area contributed by atoms with Gasteiger partial charge in [0.05, 0.1) is 11.5 Å². The number of amides is 2. The normalized spacial score (nSPS) is 11.8. The van der Waals surface area contributed by atoms with Crippen molar-refractivity contribution in [3.05, 3.63) is 33.1 Å². The van der Waals surface area contributed by atoms with Gasteiger partial charge in [-0.15, -0.1) is 0 Å². The molecule has 104 valence electrons. The van der Waals surface area contributed by atoms with Gasteiger partial charge in [0.15, 0.2) is 0 Å². The number of hydrogen-bond donors (Lipinski definition) is 1. The van der Waals surface area contributed by atoms with E-state index in [1.807, 2.05) is 22.6 Å². The molecule has 6 heteroatoms. The standard InChI is InChI=1S/C13H16FIN2O2/c1-8(12(18)16-2)7-17(3)13(19)10-5-4-9(14)6-11(10)15/h4-6,8H,7H2,1-3H3,(H,16,18). The molecule has 2 amide bonds. The van der Waals surface area contributed by atoms with Gasteiger partial charge in [0, 0.05) is 24.2 Å². The van der Waals surface area contributed by atoms with Crippen LogP contribution in [0.2, 0.25) is 0 Å². The number of carbonyl (C=O) groups excluding carboxylic acids is 2. The molecule has 0 radical (unpaired) electrons. The summed E-state index contributed by atoms with van der Waals surface area (Å²) in [7, 11) is 3.19. The number of nitrogens with one attached hydrogen (secondary N) is 1. The predicted octanol–water partition coefficient (Wildman–Crippen LogP) is 1.88. The molecule has 0 aliphatic rings. The van der Waals surface area contributed by atoms with Crippen molar-refractivity contribution < 1.29 is 14.0 Å². The monoisotopic (exact) mass is 378 g/mol. The quantitative estimate of drug-likeness (QED) is 0.814. The van der Waals surface area contributed by atoms with E-state index in [-0.39, 0.29) is 23.5 Å². The molecule has 1 aromatic carbocycles. The summed E-state index contributed by atoms with van der Waals surface area (Å²) in [6, 6.07) is 4.02. The minimum Gasteiger partial charge on any atom is -0.359 e. The summed E-state index contributed by atoms with van der Waals surface area (Å²) in [5.74, 6) is -1.01. The third-order valence-electron chi connectivity index (χ3n) is 2.75. The van der Waals surface area contributed by atoms with Gasteiger partial charge in [0.1, 0.15) is 5.82 Å². The molecule has 1 N–H and O–H groups in total. The summed E-state index contributed by atoms with van der Waals surface area (Å²) < 4.78 is 13.5. The topological polar surface area (TPSA) is 49.4 Å². The number of nitrogens with zero attached hydrogens (tertiary/aromatic N) is 1. The van der Waals surface area contributed by atoms with E-state index in [9.17, 15) is 14.0 Å². The average molecular weight is 378 g/mol. The van der Waals surface area contributed by atoms with Gasteiger partial charge in [-0.1, -0.05) is 6.92 Å². The second kappa shape index (κ2) is 6.83. The molecule has 1 atom stereocenters. The van der Waals surface area contributed by atoms with Crippen LogP contribution in [-0.2, 0) is 4.79 Å². The number of rotatable bonds is 4. The van der Waals surface area contributed by atoms with Gasteiger partial charge in [0.2, 0.25) is 5.91 Å². The Morgan fingerprint density at radius 3 is 2.63 bits per heavy atom. The van der Waals surface area contributed by atoms with Crippen LogP contribution in [0.25, 0.3) is 0 Å². The lowest BCUT2D eigenvalue weighted by Crippen LogP contribution is -2.37. The van der Waals surface area contributed by atoms with Crippen LogP contribution in [0.1, 0.15) is 17.3 Å². The summed E-state index contributed by atoms with van der Waals surface area (Å²) in [6.45, 7) is 2.06. The molecule has 0 fully saturated rings. The van der Waals surface area contributed by atoms with Crippen molar-refractivity contribution in [2.45, 2.75) is 6.92 Å². The minimum atomic E-state index is -0.373. The fourth-order valence-electron chi connectivity index (χ4n) is 1.69. The van der Waals surface area contributed by atoms with Crippen molar-refractivity contribution in [1.29, 1.82) is 0 Å². The molecule has 4 nitrogen and oxygen atoms in total. The van der Waals surface area contributed by atoms with Crippen LogP contribution in [-0.4, -0.2) is 37.4 Å². The SMILES string of the molecule is CNC(=O)C(C)CN(C)C(=O)c1ccc(F)cc1I. The van der Waals surface area contributed by atoms with E-state index in [2.05, 4.69) is 5.32 Å². The van der Waals surface area contributed by atoms with E-state index in [0.29, 0.717) is 15.7 Å². The first kappa shape index (κ1) is 15.9. The number of carbonyl (C=O) groups is 2. The molecule has 0 heterocycles. The van der Waals surface area contributed by atoms with Gasteiger partial charge in [0.25, 0.3) is 5.91 Å². The maximum atomic E-state index is 13.0. The Balaban J connectivity index is 2.79. The minimum absolute atomic E-state index is 0.117. The first-order chi connectivity index (χ1) is 8.86. The molecule has 1 aromatic rings. The lowest BCUT2D eigenvalue weighted by Gasteiger charge is -2.21. The third kappa shape index (κ3) is 4.15. The Bertz CT molecular complexity index is 494. The molecule has 0 saturated heterocycles. The molecule has 0 aliphatic carbocycles. The highest BCUT2D eigenvalue weighted by atomic mass is 127.